The second-order valence-electron chi connectivity index (χ2n) is 4.07. The molecule has 7 heteroatoms. The van der Waals surface area contributed by atoms with Crippen molar-refractivity contribution in [2.24, 2.45) is 0 Å². The Hall–Kier alpha value is -0.790. The van der Waals surface area contributed by atoms with Crippen molar-refractivity contribution in [3.8, 4) is 0 Å². The number of aliphatic hydroxyl groups is 1. The summed E-state index contributed by atoms with van der Waals surface area (Å²) in [6.07, 6.45) is 1.88. The topological polar surface area (TPSA) is 66.3 Å². The summed E-state index contributed by atoms with van der Waals surface area (Å²) < 4.78 is 0. The standard InChI is InChI=1S/C10H13N3O2S2/c1-10(15)5-6(13(2)3)11-9(16-4)12-7(5)17-8(10)14/h15H,1-4H3. The van der Waals surface area contributed by atoms with Crippen LogP contribution in [0, 0.1) is 0 Å². The third kappa shape index (κ3) is 1.92. The maximum atomic E-state index is 11.7. The van der Waals surface area contributed by atoms with Crippen LogP contribution in [-0.4, -0.2) is 40.5 Å². The molecule has 2 rings (SSSR count). The molecule has 92 valence electrons. The first-order chi connectivity index (χ1) is 7.87. The molecule has 0 radical (unpaired) electrons. The van der Waals surface area contributed by atoms with Crippen molar-refractivity contribution in [1.82, 2.24) is 9.97 Å². The van der Waals surface area contributed by atoms with E-state index < -0.39 is 5.60 Å². The number of hydrogen-bond acceptors (Lipinski definition) is 7. The number of anilines is 1. The van der Waals surface area contributed by atoms with E-state index in [1.807, 2.05) is 20.4 Å². The molecule has 1 aliphatic rings. The van der Waals surface area contributed by atoms with Gasteiger partial charge in [-0.3, -0.25) is 4.79 Å². The highest BCUT2D eigenvalue weighted by atomic mass is 32.2. The van der Waals surface area contributed by atoms with Crippen LogP contribution in [-0.2, 0) is 10.4 Å². The third-order valence-corrected chi connectivity index (χ3v) is 4.14. The fourth-order valence-electron chi connectivity index (χ4n) is 1.61. The van der Waals surface area contributed by atoms with Crippen LogP contribution in [0.3, 0.4) is 0 Å². The molecule has 1 unspecified atom stereocenters. The van der Waals surface area contributed by atoms with Crippen LogP contribution in [0.5, 0.6) is 0 Å². The lowest BCUT2D eigenvalue weighted by molar-refractivity contribution is -0.126. The van der Waals surface area contributed by atoms with Gasteiger partial charge in [0, 0.05) is 14.1 Å². The number of thioether (sulfide) groups is 2. The number of carbonyl (C=O) groups is 1. The first-order valence-corrected chi connectivity index (χ1v) is 7.00. The summed E-state index contributed by atoms with van der Waals surface area (Å²) in [6, 6.07) is 0. The SMILES string of the molecule is CSc1nc2c(c(N(C)C)n1)C(C)(O)C(=O)S2. The number of nitrogens with zero attached hydrogens (tertiary/aromatic N) is 3. The lowest BCUT2D eigenvalue weighted by Gasteiger charge is -2.21. The highest BCUT2D eigenvalue weighted by molar-refractivity contribution is 8.14. The van der Waals surface area contributed by atoms with E-state index in [2.05, 4.69) is 9.97 Å². The summed E-state index contributed by atoms with van der Waals surface area (Å²) >= 11 is 2.39. The van der Waals surface area contributed by atoms with E-state index in [9.17, 15) is 9.90 Å². The molecule has 1 aliphatic heterocycles. The van der Waals surface area contributed by atoms with Gasteiger partial charge in [0.25, 0.3) is 0 Å². The summed E-state index contributed by atoms with van der Waals surface area (Å²) in [7, 11) is 3.66. The van der Waals surface area contributed by atoms with Gasteiger partial charge in [-0.1, -0.05) is 11.8 Å². The zero-order valence-corrected chi connectivity index (χ0v) is 11.6. The van der Waals surface area contributed by atoms with Gasteiger partial charge in [-0.25, -0.2) is 9.97 Å². The average molecular weight is 271 g/mol. The third-order valence-electron chi connectivity index (χ3n) is 2.52. The molecule has 2 heterocycles. The number of fused-ring (bicyclic) bond motifs is 1. The maximum absolute atomic E-state index is 11.7. The van der Waals surface area contributed by atoms with Crippen molar-refractivity contribution < 1.29 is 9.90 Å². The lowest BCUT2D eigenvalue weighted by atomic mass is 10.00. The van der Waals surface area contributed by atoms with Crippen molar-refractivity contribution in [2.45, 2.75) is 22.7 Å². The van der Waals surface area contributed by atoms with Gasteiger partial charge < -0.3 is 10.0 Å². The Morgan fingerprint density at radius 1 is 1.41 bits per heavy atom. The molecule has 5 nitrogen and oxygen atoms in total. The van der Waals surface area contributed by atoms with Crippen molar-refractivity contribution >= 4 is 34.5 Å². The van der Waals surface area contributed by atoms with E-state index in [1.165, 1.54) is 18.7 Å². The fraction of sp³-hybridized carbons (Fsp3) is 0.500. The van der Waals surface area contributed by atoms with E-state index in [4.69, 9.17) is 0 Å². The van der Waals surface area contributed by atoms with Crippen LogP contribution < -0.4 is 4.90 Å². The normalized spacial score (nSPS) is 22.8. The molecule has 0 saturated carbocycles. The molecule has 1 aromatic heterocycles. The van der Waals surface area contributed by atoms with Gasteiger partial charge in [-0.15, -0.1) is 0 Å². The zero-order chi connectivity index (χ0) is 12.8. The Balaban J connectivity index is 2.69. The molecule has 1 atom stereocenters. The highest BCUT2D eigenvalue weighted by Gasteiger charge is 2.46. The minimum absolute atomic E-state index is 0.303. The minimum Gasteiger partial charge on any atom is -0.376 e. The van der Waals surface area contributed by atoms with Crippen LogP contribution in [0.1, 0.15) is 12.5 Å². The molecule has 1 aromatic rings. The van der Waals surface area contributed by atoms with Crippen molar-refractivity contribution in [1.29, 1.82) is 0 Å². The van der Waals surface area contributed by atoms with Gasteiger partial charge in [-0.05, 0) is 24.9 Å². The Morgan fingerprint density at radius 3 is 2.59 bits per heavy atom. The number of hydrogen-bond donors (Lipinski definition) is 1. The second kappa shape index (κ2) is 4.15. The fourth-order valence-corrected chi connectivity index (χ4v) is 3.03. The zero-order valence-electron chi connectivity index (χ0n) is 10.0. The van der Waals surface area contributed by atoms with Gasteiger partial charge in [0.2, 0.25) is 5.12 Å². The van der Waals surface area contributed by atoms with E-state index in [1.54, 1.807) is 4.90 Å². The number of rotatable bonds is 2. The maximum Gasteiger partial charge on any atom is 0.231 e. The summed E-state index contributed by atoms with van der Waals surface area (Å²) in [5, 5.41) is 11.1. The van der Waals surface area contributed by atoms with E-state index in [0.717, 1.165) is 11.8 Å². The van der Waals surface area contributed by atoms with Gasteiger partial charge in [0.15, 0.2) is 10.8 Å². The van der Waals surface area contributed by atoms with Crippen LogP contribution >= 0.6 is 23.5 Å². The molecule has 17 heavy (non-hydrogen) atoms. The molecule has 0 aromatic carbocycles. The first kappa shape index (κ1) is 12.7. The molecule has 0 spiro atoms. The van der Waals surface area contributed by atoms with Crippen LogP contribution in [0.25, 0.3) is 0 Å². The summed E-state index contributed by atoms with van der Waals surface area (Å²) in [4.78, 5) is 22.1. The van der Waals surface area contributed by atoms with Gasteiger partial charge >= 0.3 is 0 Å². The van der Waals surface area contributed by atoms with Crippen LogP contribution in [0.2, 0.25) is 0 Å². The molecule has 0 amide bonds. The highest BCUT2D eigenvalue weighted by Crippen LogP contribution is 2.46. The quantitative estimate of drug-likeness (QED) is 0.491. The van der Waals surface area contributed by atoms with Crippen molar-refractivity contribution in [3.63, 3.8) is 0 Å². The number of aromatic nitrogens is 2. The van der Waals surface area contributed by atoms with Gasteiger partial charge in [0.05, 0.1) is 5.56 Å². The van der Waals surface area contributed by atoms with Crippen LogP contribution in [0.4, 0.5) is 5.82 Å². The minimum atomic E-state index is -1.50. The summed E-state index contributed by atoms with van der Waals surface area (Å²) in [5.41, 5.74) is -0.994. The first-order valence-electron chi connectivity index (χ1n) is 4.96. The van der Waals surface area contributed by atoms with E-state index >= 15 is 0 Å². The smallest absolute Gasteiger partial charge is 0.231 e. The Morgan fingerprint density at radius 2 is 2.06 bits per heavy atom. The predicted molar refractivity (Wildman–Crippen MR) is 68.6 cm³/mol. The van der Waals surface area contributed by atoms with Gasteiger partial charge in [-0.2, -0.15) is 0 Å². The average Bonchev–Trinajstić information content (AvgIpc) is 2.48. The molecular weight excluding hydrogens is 258 g/mol. The van der Waals surface area contributed by atoms with Gasteiger partial charge in [0.1, 0.15) is 10.8 Å². The summed E-state index contributed by atoms with van der Waals surface area (Å²) in [5.74, 6) is 0.600. The molecule has 0 bridgehead atoms. The lowest BCUT2D eigenvalue weighted by Crippen LogP contribution is -2.29. The molecule has 0 fully saturated rings. The molecule has 0 aliphatic carbocycles. The molecular formula is C10H13N3O2S2. The van der Waals surface area contributed by atoms with E-state index in [0.29, 0.717) is 21.6 Å². The van der Waals surface area contributed by atoms with Crippen molar-refractivity contribution in [2.75, 3.05) is 25.3 Å². The largest absolute Gasteiger partial charge is 0.376 e. The Kier molecular flexibility index (Phi) is 3.09. The van der Waals surface area contributed by atoms with Crippen LogP contribution in [0.15, 0.2) is 10.2 Å². The second-order valence-corrected chi connectivity index (χ2v) is 5.81. The number of carbonyl (C=O) groups excluding carboxylic acids is 1. The van der Waals surface area contributed by atoms with E-state index in [-0.39, 0.29) is 5.12 Å². The van der Waals surface area contributed by atoms with Crippen molar-refractivity contribution in [3.05, 3.63) is 5.56 Å². The monoisotopic (exact) mass is 271 g/mol. The Labute approximate surface area is 108 Å². The molecule has 0 saturated heterocycles. The molecule has 1 N–H and O–H groups in total. The summed E-state index contributed by atoms with van der Waals surface area (Å²) in [6.45, 7) is 1.49. The predicted octanol–water partition coefficient (Wildman–Crippen LogP) is 1.10. The Bertz CT molecular complexity index is 489.